The first-order valence-corrected chi connectivity index (χ1v) is 8.93. The minimum absolute atomic E-state index is 0.156. The van der Waals surface area contributed by atoms with Crippen molar-refractivity contribution in [3.8, 4) is 0 Å². The molecule has 0 saturated heterocycles. The van der Waals surface area contributed by atoms with Crippen LogP contribution in [0, 0.1) is 17.0 Å². The molecule has 1 aromatic carbocycles. The lowest BCUT2D eigenvalue weighted by molar-refractivity contribution is -0.385. The van der Waals surface area contributed by atoms with Crippen LogP contribution in [-0.2, 0) is 10.0 Å². The Balaban J connectivity index is 3.03. The van der Waals surface area contributed by atoms with E-state index >= 15 is 0 Å². The van der Waals surface area contributed by atoms with Gasteiger partial charge in [-0.25, -0.2) is 13.1 Å². The number of rotatable bonds is 7. The number of aliphatic hydroxyl groups is 1. The van der Waals surface area contributed by atoms with Gasteiger partial charge in [0, 0.05) is 24.4 Å². The summed E-state index contributed by atoms with van der Waals surface area (Å²) in [6.07, 6.45) is 1.80. The average Bonchev–Trinajstić information content (AvgIpc) is 2.36. The van der Waals surface area contributed by atoms with Crippen molar-refractivity contribution in [2.75, 3.05) is 18.6 Å². The van der Waals surface area contributed by atoms with Crippen LogP contribution in [0.2, 0.25) is 0 Å². The summed E-state index contributed by atoms with van der Waals surface area (Å²) in [6.45, 7) is 2.91. The van der Waals surface area contributed by atoms with Crippen molar-refractivity contribution in [3.05, 3.63) is 33.9 Å². The van der Waals surface area contributed by atoms with E-state index in [1.54, 1.807) is 13.2 Å². The topological polar surface area (TPSA) is 110 Å². The Hall–Kier alpha value is -1.16. The fourth-order valence-corrected chi connectivity index (χ4v) is 3.83. The van der Waals surface area contributed by atoms with Gasteiger partial charge in [-0.05, 0) is 25.7 Å². The molecule has 2 N–H and O–H groups in total. The molecule has 0 heterocycles. The molecule has 0 aliphatic heterocycles. The van der Waals surface area contributed by atoms with Gasteiger partial charge < -0.3 is 5.11 Å². The van der Waals surface area contributed by atoms with Crippen LogP contribution in [0.5, 0.6) is 0 Å². The van der Waals surface area contributed by atoms with Crippen molar-refractivity contribution in [2.24, 2.45) is 0 Å². The summed E-state index contributed by atoms with van der Waals surface area (Å²) in [5.41, 5.74) is -1.09. The average molecular weight is 334 g/mol. The molecule has 0 aliphatic rings. The van der Waals surface area contributed by atoms with Gasteiger partial charge in [0.05, 0.1) is 15.4 Å². The van der Waals surface area contributed by atoms with Crippen molar-refractivity contribution < 1.29 is 18.4 Å². The van der Waals surface area contributed by atoms with Gasteiger partial charge in [-0.2, -0.15) is 11.8 Å². The Bertz CT molecular complexity index is 629. The molecular weight excluding hydrogens is 316 g/mol. The number of benzene rings is 1. The highest BCUT2D eigenvalue weighted by Gasteiger charge is 2.25. The van der Waals surface area contributed by atoms with Gasteiger partial charge in [-0.15, -0.1) is 0 Å². The van der Waals surface area contributed by atoms with Crippen LogP contribution in [-0.4, -0.2) is 42.6 Å². The third-order valence-electron chi connectivity index (χ3n) is 2.77. The van der Waals surface area contributed by atoms with Gasteiger partial charge in [0.2, 0.25) is 10.0 Å². The molecule has 0 amide bonds. The zero-order chi connectivity index (χ0) is 16.3. The van der Waals surface area contributed by atoms with Crippen LogP contribution in [0.4, 0.5) is 5.69 Å². The fraction of sp³-hybridized carbons (Fsp3) is 0.500. The Labute approximate surface area is 128 Å². The molecule has 0 fully saturated rings. The summed E-state index contributed by atoms with van der Waals surface area (Å²) < 4.78 is 26.7. The Morgan fingerprint density at radius 3 is 2.62 bits per heavy atom. The number of nitrogens with one attached hydrogen (secondary N) is 1. The number of non-ortho nitro benzene ring substituents is 1. The SMILES string of the molecule is CSCC(C)(O)CNS(=O)(=O)c1cc([N+](=O)[O-])ccc1C. The monoisotopic (exact) mass is 334 g/mol. The standard InChI is InChI=1S/C12H18N2O5S2/c1-9-4-5-10(14(16)17)6-11(9)21(18,19)13-7-12(2,15)8-20-3/h4-6,13,15H,7-8H2,1-3H3. The fourth-order valence-electron chi connectivity index (χ4n) is 1.68. The summed E-state index contributed by atoms with van der Waals surface area (Å²) >= 11 is 1.39. The maximum Gasteiger partial charge on any atom is 0.270 e. The molecule has 9 heteroatoms. The highest BCUT2D eigenvalue weighted by Crippen LogP contribution is 2.22. The third-order valence-corrected chi connectivity index (χ3v) is 5.22. The number of thioether (sulfide) groups is 1. The highest BCUT2D eigenvalue weighted by atomic mass is 32.2. The predicted octanol–water partition coefficient (Wildman–Crippen LogP) is 1.30. The van der Waals surface area contributed by atoms with Crippen LogP contribution < -0.4 is 4.72 Å². The smallest absolute Gasteiger partial charge is 0.270 e. The lowest BCUT2D eigenvalue weighted by Crippen LogP contribution is -2.42. The summed E-state index contributed by atoms with van der Waals surface area (Å²) in [6, 6.07) is 3.64. The lowest BCUT2D eigenvalue weighted by atomic mass is 10.1. The molecule has 0 aromatic heterocycles. The number of hydrogen-bond acceptors (Lipinski definition) is 6. The van der Waals surface area contributed by atoms with E-state index in [0.717, 1.165) is 6.07 Å². The van der Waals surface area contributed by atoms with Gasteiger partial charge >= 0.3 is 0 Å². The molecule has 21 heavy (non-hydrogen) atoms. The Morgan fingerprint density at radius 1 is 1.48 bits per heavy atom. The van der Waals surface area contributed by atoms with Crippen molar-refractivity contribution in [1.82, 2.24) is 4.72 Å². The van der Waals surface area contributed by atoms with E-state index in [1.807, 2.05) is 0 Å². The number of aryl methyl sites for hydroxylation is 1. The van der Waals surface area contributed by atoms with Gasteiger partial charge in [-0.1, -0.05) is 6.07 Å². The normalized spacial score (nSPS) is 14.7. The molecule has 0 saturated carbocycles. The molecule has 1 rings (SSSR count). The van der Waals surface area contributed by atoms with Crippen LogP contribution >= 0.6 is 11.8 Å². The third kappa shape index (κ3) is 4.95. The number of nitro benzene ring substituents is 1. The molecular formula is C12H18N2O5S2. The Morgan fingerprint density at radius 2 is 2.10 bits per heavy atom. The van der Waals surface area contributed by atoms with E-state index in [9.17, 15) is 23.6 Å². The predicted molar refractivity (Wildman–Crippen MR) is 82.0 cm³/mol. The minimum Gasteiger partial charge on any atom is -0.388 e. The molecule has 1 aromatic rings. The van der Waals surface area contributed by atoms with E-state index in [4.69, 9.17) is 0 Å². The maximum atomic E-state index is 12.2. The second-order valence-electron chi connectivity index (χ2n) is 4.96. The summed E-state index contributed by atoms with van der Waals surface area (Å²) in [5, 5.41) is 20.7. The summed E-state index contributed by atoms with van der Waals surface area (Å²) in [4.78, 5) is 9.93. The molecule has 0 bridgehead atoms. The molecule has 7 nitrogen and oxygen atoms in total. The Kier molecular flexibility index (Phi) is 5.74. The van der Waals surface area contributed by atoms with E-state index in [0.29, 0.717) is 11.3 Å². The molecule has 1 unspecified atom stereocenters. The van der Waals surface area contributed by atoms with Crippen molar-refractivity contribution in [3.63, 3.8) is 0 Å². The molecule has 0 radical (unpaired) electrons. The van der Waals surface area contributed by atoms with Gasteiger partial charge in [0.15, 0.2) is 0 Å². The van der Waals surface area contributed by atoms with E-state index in [2.05, 4.69) is 4.72 Å². The largest absolute Gasteiger partial charge is 0.388 e. The first-order valence-electron chi connectivity index (χ1n) is 6.05. The maximum absolute atomic E-state index is 12.2. The molecule has 118 valence electrons. The van der Waals surface area contributed by atoms with Crippen LogP contribution in [0.25, 0.3) is 0 Å². The number of hydrogen-bond donors (Lipinski definition) is 2. The van der Waals surface area contributed by atoms with E-state index in [-0.39, 0.29) is 17.1 Å². The van der Waals surface area contributed by atoms with Gasteiger partial charge in [0.1, 0.15) is 0 Å². The summed E-state index contributed by atoms with van der Waals surface area (Å²) in [5.74, 6) is 0.365. The molecule has 0 aliphatic carbocycles. The van der Waals surface area contributed by atoms with Crippen LogP contribution in [0.3, 0.4) is 0 Å². The van der Waals surface area contributed by atoms with Crippen LogP contribution in [0.15, 0.2) is 23.1 Å². The van der Waals surface area contributed by atoms with Gasteiger partial charge in [0.25, 0.3) is 5.69 Å². The zero-order valence-corrected chi connectivity index (χ0v) is 13.6. The summed E-state index contributed by atoms with van der Waals surface area (Å²) in [7, 11) is -3.92. The molecule has 0 spiro atoms. The lowest BCUT2D eigenvalue weighted by Gasteiger charge is -2.22. The van der Waals surface area contributed by atoms with Crippen molar-refractivity contribution in [1.29, 1.82) is 0 Å². The number of sulfonamides is 1. The highest BCUT2D eigenvalue weighted by molar-refractivity contribution is 7.98. The first-order chi connectivity index (χ1) is 9.59. The van der Waals surface area contributed by atoms with Crippen molar-refractivity contribution in [2.45, 2.75) is 24.3 Å². The quantitative estimate of drug-likeness (QED) is 0.574. The van der Waals surface area contributed by atoms with E-state index < -0.39 is 20.5 Å². The first kappa shape index (κ1) is 17.9. The zero-order valence-electron chi connectivity index (χ0n) is 12.0. The second kappa shape index (κ2) is 6.73. The number of nitrogens with zero attached hydrogens (tertiary/aromatic N) is 1. The van der Waals surface area contributed by atoms with E-state index in [1.165, 1.54) is 30.8 Å². The number of nitro groups is 1. The molecule has 1 atom stereocenters. The van der Waals surface area contributed by atoms with Crippen molar-refractivity contribution >= 4 is 27.5 Å². The minimum atomic E-state index is -3.92. The van der Waals surface area contributed by atoms with Gasteiger partial charge in [-0.3, -0.25) is 10.1 Å². The second-order valence-corrected chi connectivity index (χ2v) is 7.56. The van der Waals surface area contributed by atoms with Crippen LogP contribution in [0.1, 0.15) is 12.5 Å².